The average Bonchev–Trinajstić information content (AvgIpc) is 2.32. The molecule has 0 bridgehead atoms. The van der Waals surface area contributed by atoms with E-state index in [0.29, 0.717) is 17.0 Å². The van der Waals surface area contributed by atoms with Crippen LogP contribution in [0.1, 0.15) is 32.9 Å². The lowest BCUT2D eigenvalue weighted by Gasteiger charge is -2.09. The summed E-state index contributed by atoms with van der Waals surface area (Å²) in [6, 6.07) is 9.30. The highest BCUT2D eigenvalue weighted by Gasteiger charge is 2.13. The zero-order valence-electron chi connectivity index (χ0n) is 11.7. The number of carbonyl (C=O) groups excluding carboxylic acids is 1. The smallest absolute Gasteiger partial charge is 0.345 e. The number of hydrogen-bond donors (Lipinski definition) is 0. The number of benzene rings is 1. The molecule has 0 aliphatic rings. The topological polar surface area (TPSA) is 39.2 Å². The second-order valence-corrected chi connectivity index (χ2v) is 4.74. The second kappa shape index (κ2) is 5.22. The molecule has 2 rings (SSSR count). The van der Waals surface area contributed by atoms with Crippen LogP contribution in [0.4, 0.5) is 0 Å². The fourth-order valence-electron chi connectivity index (χ4n) is 1.97. The first kappa shape index (κ1) is 13.3. The lowest BCUT2D eigenvalue weighted by Crippen LogP contribution is -2.12. The highest BCUT2D eigenvalue weighted by Crippen LogP contribution is 2.20. The molecule has 0 amide bonds. The Bertz CT molecular complexity index is 633. The molecule has 0 spiro atoms. The lowest BCUT2D eigenvalue weighted by molar-refractivity contribution is 0.0732. The Kier molecular flexibility index (Phi) is 3.65. The summed E-state index contributed by atoms with van der Waals surface area (Å²) in [7, 11) is 0. The van der Waals surface area contributed by atoms with Gasteiger partial charge in [-0.1, -0.05) is 17.7 Å². The molecule has 0 saturated heterocycles. The third-order valence-corrected chi connectivity index (χ3v) is 2.98. The van der Waals surface area contributed by atoms with Gasteiger partial charge in [0.15, 0.2) is 0 Å². The molecule has 2 aromatic rings. The van der Waals surface area contributed by atoms with Crippen molar-refractivity contribution in [1.29, 1.82) is 0 Å². The van der Waals surface area contributed by atoms with Crippen LogP contribution in [0.5, 0.6) is 5.75 Å². The van der Waals surface area contributed by atoms with Gasteiger partial charge < -0.3 is 4.74 Å². The summed E-state index contributed by atoms with van der Waals surface area (Å²) in [4.78, 5) is 16.4. The first-order chi connectivity index (χ1) is 8.97. The first-order valence-electron chi connectivity index (χ1n) is 6.21. The highest BCUT2D eigenvalue weighted by molar-refractivity contribution is 5.92. The third-order valence-electron chi connectivity index (χ3n) is 2.98. The van der Waals surface area contributed by atoms with Gasteiger partial charge in [-0.05, 0) is 51.5 Å². The molecule has 0 radical (unpaired) electrons. The van der Waals surface area contributed by atoms with Gasteiger partial charge in [-0.2, -0.15) is 0 Å². The van der Waals surface area contributed by atoms with Crippen molar-refractivity contribution < 1.29 is 9.53 Å². The van der Waals surface area contributed by atoms with Crippen molar-refractivity contribution in [3.05, 3.63) is 58.4 Å². The van der Waals surface area contributed by atoms with Crippen molar-refractivity contribution in [2.45, 2.75) is 27.7 Å². The van der Waals surface area contributed by atoms with Gasteiger partial charge in [0.1, 0.15) is 5.75 Å². The maximum absolute atomic E-state index is 12.1. The van der Waals surface area contributed by atoms with E-state index < -0.39 is 0 Å². The number of hydrogen-bond acceptors (Lipinski definition) is 3. The molecule has 3 nitrogen and oxygen atoms in total. The SMILES string of the molecule is Cc1ccc(OC(=O)c2ccc(C)nc2C)c(C)c1. The molecule has 0 aliphatic heterocycles. The Morgan fingerprint density at radius 2 is 1.79 bits per heavy atom. The quantitative estimate of drug-likeness (QED) is 0.608. The van der Waals surface area contributed by atoms with Crippen molar-refractivity contribution in [2.75, 3.05) is 0 Å². The summed E-state index contributed by atoms with van der Waals surface area (Å²) in [5.74, 6) is 0.229. The summed E-state index contributed by atoms with van der Waals surface area (Å²) in [5.41, 5.74) is 4.18. The van der Waals surface area contributed by atoms with E-state index in [2.05, 4.69) is 4.98 Å². The Morgan fingerprint density at radius 3 is 2.42 bits per heavy atom. The van der Waals surface area contributed by atoms with Crippen molar-refractivity contribution in [2.24, 2.45) is 0 Å². The van der Waals surface area contributed by atoms with Gasteiger partial charge >= 0.3 is 5.97 Å². The zero-order valence-corrected chi connectivity index (χ0v) is 11.7. The molecule has 19 heavy (non-hydrogen) atoms. The molecule has 1 aromatic carbocycles. The van der Waals surface area contributed by atoms with Gasteiger partial charge in [-0.15, -0.1) is 0 Å². The van der Waals surface area contributed by atoms with Crippen LogP contribution in [0, 0.1) is 27.7 Å². The number of aryl methyl sites for hydroxylation is 4. The number of nitrogens with zero attached hydrogens (tertiary/aromatic N) is 1. The predicted molar refractivity (Wildman–Crippen MR) is 74.6 cm³/mol. The van der Waals surface area contributed by atoms with Crippen molar-refractivity contribution >= 4 is 5.97 Å². The van der Waals surface area contributed by atoms with Gasteiger partial charge in [0.05, 0.1) is 11.3 Å². The maximum Gasteiger partial charge on any atom is 0.345 e. The molecular weight excluding hydrogens is 238 g/mol. The standard InChI is InChI=1S/C16H17NO2/c1-10-5-8-15(11(2)9-10)19-16(18)14-7-6-12(3)17-13(14)4/h5-9H,1-4H3. The minimum atomic E-state index is -0.364. The minimum Gasteiger partial charge on any atom is -0.423 e. The molecule has 0 N–H and O–H groups in total. The average molecular weight is 255 g/mol. The third kappa shape index (κ3) is 2.99. The molecule has 3 heteroatoms. The van der Waals surface area contributed by atoms with Gasteiger partial charge in [-0.25, -0.2) is 4.79 Å². The molecule has 0 fully saturated rings. The molecule has 0 saturated carbocycles. The Hall–Kier alpha value is -2.16. The summed E-state index contributed by atoms with van der Waals surface area (Å²) < 4.78 is 5.43. The Labute approximate surface area is 113 Å². The van der Waals surface area contributed by atoms with E-state index >= 15 is 0 Å². The summed E-state index contributed by atoms with van der Waals surface area (Å²) in [6.45, 7) is 7.64. The van der Waals surface area contributed by atoms with E-state index in [4.69, 9.17) is 4.74 Å². The number of pyridine rings is 1. The summed E-state index contributed by atoms with van der Waals surface area (Å²) >= 11 is 0. The summed E-state index contributed by atoms with van der Waals surface area (Å²) in [6.07, 6.45) is 0. The first-order valence-corrected chi connectivity index (χ1v) is 6.21. The number of ether oxygens (including phenoxy) is 1. The van der Waals surface area contributed by atoms with Crippen LogP contribution in [0.15, 0.2) is 30.3 Å². The molecule has 98 valence electrons. The number of aromatic nitrogens is 1. The number of esters is 1. The van der Waals surface area contributed by atoms with Crippen LogP contribution < -0.4 is 4.74 Å². The van der Waals surface area contributed by atoms with Crippen molar-refractivity contribution in [3.63, 3.8) is 0 Å². The van der Waals surface area contributed by atoms with E-state index in [1.165, 1.54) is 0 Å². The minimum absolute atomic E-state index is 0.364. The van der Waals surface area contributed by atoms with Gasteiger partial charge in [0.2, 0.25) is 0 Å². The Balaban J connectivity index is 2.25. The van der Waals surface area contributed by atoms with Crippen LogP contribution >= 0.6 is 0 Å². The molecular formula is C16H17NO2. The van der Waals surface area contributed by atoms with Crippen LogP contribution in [0.25, 0.3) is 0 Å². The largest absolute Gasteiger partial charge is 0.423 e. The number of carbonyl (C=O) groups is 1. The zero-order chi connectivity index (χ0) is 14.0. The van der Waals surface area contributed by atoms with Crippen LogP contribution in [0.2, 0.25) is 0 Å². The van der Waals surface area contributed by atoms with E-state index in [9.17, 15) is 4.79 Å². The van der Waals surface area contributed by atoms with Crippen LogP contribution in [-0.4, -0.2) is 11.0 Å². The van der Waals surface area contributed by atoms with E-state index in [0.717, 1.165) is 16.8 Å². The second-order valence-electron chi connectivity index (χ2n) is 4.74. The lowest BCUT2D eigenvalue weighted by atomic mass is 10.1. The van der Waals surface area contributed by atoms with Crippen molar-refractivity contribution in [1.82, 2.24) is 4.98 Å². The van der Waals surface area contributed by atoms with Gasteiger partial charge in [0, 0.05) is 5.69 Å². The Morgan fingerprint density at radius 1 is 1.05 bits per heavy atom. The number of rotatable bonds is 2. The normalized spacial score (nSPS) is 10.3. The fourth-order valence-corrected chi connectivity index (χ4v) is 1.97. The van der Waals surface area contributed by atoms with Crippen LogP contribution in [0.3, 0.4) is 0 Å². The molecule has 0 aliphatic carbocycles. The van der Waals surface area contributed by atoms with E-state index in [-0.39, 0.29) is 5.97 Å². The highest BCUT2D eigenvalue weighted by atomic mass is 16.5. The van der Waals surface area contributed by atoms with Gasteiger partial charge in [0.25, 0.3) is 0 Å². The molecule has 0 unspecified atom stereocenters. The van der Waals surface area contributed by atoms with Crippen LogP contribution in [-0.2, 0) is 0 Å². The van der Waals surface area contributed by atoms with Crippen molar-refractivity contribution in [3.8, 4) is 5.75 Å². The van der Waals surface area contributed by atoms with Gasteiger partial charge in [-0.3, -0.25) is 4.98 Å². The predicted octanol–water partition coefficient (Wildman–Crippen LogP) is 3.53. The molecule has 1 aromatic heterocycles. The van der Waals surface area contributed by atoms with E-state index in [1.807, 2.05) is 52.0 Å². The molecule has 0 atom stereocenters. The van der Waals surface area contributed by atoms with E-state index in [1.54, 1.807) is 6.07 Å². The summed E-state index contributed by atoms with van der Waals surface area (Å²) in [5, 5.41) is 0. The maximum atomic E-state index is 12.1. The monoisotopic (exact) mass is 255 g/mol. The molecule has 1 heterocycles. The fraction of sp³-hybridized carbons (Fsp3) is 0.250.